The lowest BCUT2D eigenvalue weighted by Crippen LogP contribution is -2.44. The predicted molar refractivity (Wildman–Crippen MR) is 106 cm³/mol. The van der Waals surface area contributed by atoms with Gasteiger partial charge in [0.2, 0.25) is 0 Å². The lowest BCUT2D eigenvalue weighted by Gasteiger charge is -2.34. The molecule has 1 aliphatic rings. The summed E-state index contributed by atoms with van der Waals surface area (Å²) in [6.07, 6.45) is 0.489. The van der Waals surface area contributed by atoms with Crippen molar-refractivity contribution in [3.05, 3.63) is 29.8 Å². The van der Waals surface area contributed by atoms with E-state index in [1.807, 2.05) is 0 Å². The summed E-state index contributed by atoms with van der Waals surface area (Å²) in [6.45, 7) is 10.6. The van der Waals surface area contributed by atoms with Crippen molar-refractivity contribution in [2.75, 3.05) is 25.0 Å². The maximum absolute atomic E-state index is 12.3. The molecule has 0 radical (unpaired) electrons. The average Bonchev–Trinajstić information content (AvgIpc) is 2.57. The van der Waals surface area contributed by atoms with Crippen LogP contribution in [0.2, 0.25) is 0 Å². The molecule has 1 fully saturated rings. The van der Waals surface area contributed by atoms with E-state index in [0.717, 1.165) is 6.42 Å². The molecule has 1 heterocycles. The van der Waals surface area contributed by atoms with Crippen LogP contribution in [-0.4, -0.2) is 48.2 Å². The number of likely N-dealkylation sites (tertiary alicyclic amines) is 1. The van der Waals surface area contributed by atoms with Crippen LogP contribution in [0.5, 0.6) is 0 Å². The van der Waals surface area contributed by atoms with E-state index in [0.29, 0.717) is 30.6 Å². The molecule has 7 heteroatoms. The van der Waals surface area contributed by atoms with Gasteiger partial charge in [-0.05, 0) is 57.2 Å². The first-order valence-electron chi connectivity index (χ1n) is 9.58. The van der Waals surface area contributed by atoms with Crippen molar-refractivity contribution in [1.82, 2.24) is 4.90 Å². The van der Waals surface area contributed by atoms with Crippen LogP contribution in [0.15, 0.2) is 24.3 Å². The van der Waals surface area contributed by atoms with Crippen LogP contribution >= 0.6 is 0 Å². The minimum absolute atomic E-state index is 0.185. The molecular formula is C21H30N2O5. The highest BCUT2D eigenvalue weighted by atomic mass is 16.6. The molecule has 1 aromatic carbocycles. The Morgan fingerprint density at radius 2 is 1.79 bits per heavy atom. The first-order valence-corrected chi connectivity index (χ1v) is 9.58. The summed E-state index contributed by atoms with van der Waals surface area (Å²) in [5, 5.41) is 2.58. The van der Waals surface area contributed by atoms with E-state index in [-0.39, 0.29) is 18.1 Å². The molecule has 0 saturated carbocycles. The van der Waals surface area contributed by atoms with Gasteiger partial charge in [0.1, 0.15) is 5.60 Å². The molecule has 0 aliphatic carbocycles. The van der Waals surface area contributed by atoms with Crippen LogP contribution in [0.4, 0.5) is 10.5 Å². The molecule has 2 atom stereocenters. The molecule has 0 aromatic heterocycles. The molecule has 1 N–H and O–H groups in total. The van der Waals surface area contributed by atoms with Crippen molar-refractivity contribution in [3.8, 4) is 0 Å². The van der Waals surface area contributed by atoms with Crippen LogP contribution in [0, 0.1) is 11.8 Å². The zero-order valence-electron chi connectivity index (χ0n) is 17.3. The third-order valence-electron chi connectivity index (χ3n) is 4.29. The zero-order chi connectivity index (χ0) is 20.9. The number of anilines is 1. The van der Waals surface area contributed by atoms with E-state index >= 15 is 0 Å². The quantitative estimate of drug-likeness (QED) is 0.793. The molecule has 0 bridgehead atoms. The number of carbonyl (C=O) groups is 3. The van der Waals surface area contributed by atoms with Gasteiger partial charge in [-0.15, -0.1) is 0 Å². The van der Waals surface area contributed by atoms with E-state index in [2.05, 4.69) is 19.2 Å². The number of piperidine rings is 1. The Morgan fingerprint density at radius 3 is 2.39 bits per heavy atom. The average molecular weight is 390 g/mol. The van der Waals surface area contributed by atoms with E-state index in [9.17, 15) is 14.4 Å². The lowest BCUT2D eigenvalue weighted by atomic mass is 9.92. The maximum Gasteiger partial charge on any atom is 0.412 e. The van der Waals surface area contributed by atoms with Crippen molar-refractivity contribution in [2.45, 2.75) is 46.6 Å². The highest BCUT2D eigenvalue weighted by Crippen LogP contribution is 2.21. The highest BCUT2D eigenvalue weighted by molar-refractivity contribution is 5.93. The maximum atomic E-state index is 12.3. The van der Waals surface area contributed by atoms with Gasteiger partial charge in [0.25, 0.3) is 5.91 Å². The van der Waals surface area contributed by atoms with Gasteiger partial charge in [0.15, 0.2) is 6.61 Å². The molecule has 1 saturated heterocycles. The summed E-state index contributed by atoms with van der Waals surface area (Å²) in [5.74, 6) is 0.0899. The first-order chi connectivity index (χ1) is 13.0. The normalized spacial score (nSPS) is 19.7. The minimum Gasteiger partial charge on any atom is -0.452 e. The van der Waals surface area contributed by atoms with Gasteiger partial charge in [-0.2, -0.15) is 0 Å². The Hall–Kier alpha value is -2.57. The number of ether oxygens (including phenoxy) is 2. The van der Waals surface area contributed by atoms with Crippen molar-refractivity contribution < 1.29 is 23.9 Å². The van der Waals surface area contributed by atoms with E-state index in [4.69, 9.17) is 9.47 Å². The molecule has 1 aliphatic heterocycles. The number of amides is 2. The number of benzene rings is 1. The first kappa shape index (κ1) is 21.7. The second-order valence-corrected chi connectivity index (χ2v) is 8.53. The number of nitrogens with one attached hydrogen (secondary N) is 1. The number of hydrogen-bond acceptors (Lipinski definition) is 5. The largest absolute Gasteiger partial charge is 0.452 e. The fourth-order valence-corrected chi connectivity index (χ4v) is 3.31. The Bertz CT molecular complexity index is 716. The topological polar surface area (TPSA) is 84.9 Å². The van der Waals surface area contributed by atoms with Gasteiger partial charge in [-0.1, -0.05) is 19.9 Å². The van der Waals surface area contributed by atoms with Crippen molar-refractivity contribution in [3.63, 3.8) is 0 Å². The molecule has 2 amide bonds. The Morgan fingerprint density at radius 1 is 1.14 bits per heavy atom. The molecule has 1 aromatic rings. The minimum atomic E-state index is -0.621. The molecule has 0 spiro atoms. The fourth-order valence-electron chi connectivity index (χ4n) is 3.31. The monoisotopic (exact) mass is 390 g/mol. The zero-order valence-corrected chi connectivity index (χ0v) is 17.3. The van der Waals surface area contributed by atoms with E-state index < -0.39 is 17.7 Å². The summed E-state index contributed by atoms with van der Waals surface area (Å²) >= 11 is 0. The standard InChI is InChI=1S/C21H30N2O5/c1-14-9-15(2)12-23(11-14)18(24)13-27-19(25)16-7-6-8-17(10-16)22-20(26)28-21(3,4)5/h6-8,10,14-15H,9,11-13H2,1-5H3,(H,22,26). The van der Waals surface area contributed by atoms with Crippen molar-refractivity contribution >= 4 is 23.7 Å². The highest BCUT2D eigenvalue weighted by Gasteiger charge is 2.26. The molecule has 154 valence electrons. The van der Waals surface area contributed by atoms with Crippen molar-refractivity contribution in [2.24, 2.45) is 11.8 Å². The third kappa shape index (κ3) is 6.87. The van der Waals surface area contributed by atoms with Crippen LogP contribution in [-0.2, 0) is 14.3 Å². The summed E-state index contributed by atoms with van der Waals surface area (Å²) in [5.41, 5.74) is 0.0418. The van der Waals surface area contributed by atoms with Gasteiger partial charge >= 0.3 is 12.1 Å². The summed E-state index contributed by atoms with van der Waals surface area (Å²) in [7, 11) is 0. The van der Waals surface area contributed by atoms with Gasteiger partial charge in [-0.25, -0.2) is 9.59 Å². The second kappa shape index (κ2) is 9.08. The number of rotatable bonds is 4. The summed E-state index contributed by atoms with van der Waals surface area (Å²) in [4.78, 5) is 38.2. The van der Waals surface area contributed by atoms with Crippen LogP contribution in [0.25, 0.3) is 0 Å². The number of carbonyl (C=O) groups excluding carboxylic acids is 3. The Balaban J connectivity index is 1.90. The number of nitrogens with zero attached hydrogens (tertiary/aromatic N) is 1. The van der Waals surface area contributed by atoms with Crippen LogP contribution in [0.3, 0.4) is 0 Å². The molecular weight excluding hydrogens is 360 g/mol. The predicted octanol–water partition coefficient (Wildman–Crippen LogP) is 3.69. The van der Waals surface area contributed by atoms with Gasteiger partial charge in [-0.3, -0.25) is 10.1 Å². The smallest absolute Gasteiger partial charge is 0.412 e. The Kier molecular flexibility index (Phi) is 7.05. The van der Waals surface area contributed by atoms with Crippen LogP contribution < -0.4 is 5.32 Å². The lowest BCUT2D eigenvalue weighted by molar-refractivity contribution is -0.137. The Labute approximate surface area is 166 Å². The van der Waals surface area contributed by atoms with Gasteiger partial charge < -0.3 is 14.4 Å². The fraction of sp³-hybridized carbons (Fsp3) is 0.571. The molecule has 7 nitrogen and oxygen atoms in total. The van der Waals surface area contributed by atoms with E-state index in [1.54, 1.807) is 43.9 Å². The van der Waals surface area contributed by atoms with Gasteiger partial charge in [0, 0.05) is 18.8 Å². The van der Waals surface area contributed by atoms with E-state index in [1.165, 1.54) is 6.07 Å². The number of esters is 1. The summed E-state index contributed by atoms with van der Waals surface area (Å²) < 4.78 is 10.4. The summed E-state index contributed by atoms with van der Waals surface area (Å²) in [6, 6.07) is 6.32. The van der Waals surface area contributed by atoms with Crippen LogP contribution in [0.1, 0.15) is 51.4 Å². The molecule has 28 heavy (non-hydrogen) atoms. The second-order valence-electron chi connectivity index (χ2n) is 8.53. The molecule has 2 unspecified atom stereocenters. The third-order valence-corrected chi connectivity index (χ3v) is 4.29. The number of hydrogen-bond donors (Lipinski definition) is 1. The SMILES string of the molecule is CC1CC(C)CN(C(=O)COC(=O)c2cccc(NC(=O)OC(C)(C)C)c2)C1. The van der Waals surface area contributed by atoms with Crippen molar-refractivity contribution in [1.29, 1.82) is 0 Å². The van der Waals surface area contributed by atoms with Gasteiger partial charge in [0.05, 0.1) is 5.56 Å². The molecule has 2 rings (SSSR count).